The summed E-state index contributed by atoms with van der Waals surface area (Å²) >= 11 is 0. The molecule has 2 rings (SSSR count). The highest BCUT2D eigenvalue weighted by atomic mass is 19.1. The summed E-state index contributed by atoms with van der Waals surface area (Å²) in [5.74, 6) is -2.29. The average Bonchev–Trinajstić information content (AvgIpc) is 2.33. The summed E-state index contributed by atoms with van der Waals surface area (Å²) < 4.78 is 39.5. The van der Waals surface area contributed by atoms with Crippen LogP contribution in [0.3, 0.4) is 0 Å². The molecule has 0 aromatic heterocycles. The molecular formula is C12H7F3N2O2. The van der Waals surface area contributed by atoms with Crippen LogP contribution < -0.4 is 5.32 Å². The fourth-order valence-corrected chi connectivity index (χ4v) is 1.50. The Kier molecular flexibility index (Phi) is 3.37. The van der Waals surface area contributed by atoms with Gasteiger partial charge in [0.15, 0.2) is 0 Å². The molecule has 0 spiro atoms. The third-order valence-electron chi connectivity index (χ3n) is 2.30. The maximum absolute atomic E-state index is 13.4. The Bertz CT molecular complexity index is 647. The van der Waals surface area contributed by atoms with Crippen LogP contribution >= 0.6 is 0 Å². The molecule has 0 amide bonds. The SMILES string of the molecule is O=[N+]([O-])c1cc(F)cc(Nc2cc(F)ccc2F)c1. The molecule has 2 aromatic rings. The Morgan fingerprint density at radius 3 is 2.42 bits per heavy atom. The summed E-state index contributed by atoms with van der Waals surface area (Å²) in [7, 11) is 0. The van der Waals surface area contributed by atoms with Gasteiger partial charge in [0, 0.05) is 17.8 Å². The van der Waals surface area contributed by atoms with Crippen molar-refractivity contribution in [1.29, 1.82) is 0 Å². The summed E-state index contributed by atoms with van der Waals surface area (Å²) in [6, 6.07) is 5.38. The molecule has 1 N–H and O–H groups in total. The molecule has 0 radical (unpaired) electrons. The maximum atomic E-state index is 13.4. The lowest BCUT2D eigenvalue weighted by Gasteiger charge is -2.07. The number of hydrogen-bond donors (Lipinski definition) is 1. The molecule has 4 nitrogen and oxygen atoms in total. The molecule has 0 saturated heterocycles. The number of nitro benzene ring substituents is 1. The minimum absolute atomic E-state index is 0.0452. The predicted octanol–water partition coefficient (Wildman–Crippen LogP) is 3.76. The number of non-ortho nitro benzene ring substituents is 1. The van der Waals surface area contributed by atoms with Crippen LogP contribution in [0, 0.1) is 27.6 Å². The van der Waals surface area contributed by atoms with E-state index in [0.717, 1.165) is 36.4 Å². The highest BCUT2D eigenvalue weighted by Gasteiger charge is 2.11. The van der Waals surface area contributed by atoms with Crippen LogP contribution in [0.5, 0.6) is 0 Å². The van der Waals surface area contributed by atoms with Crippen LogP contribution in [0.1, 0.15) is 0 Å². The van der Waals surface area contributed by atoms with E-state index in [2.05, 4.69) is 5.32 Å². The normalized spacial score (nSPS) is 10.3. The van der Waals surface area contributed by atoms with Crippen molar-refractivity contribution in [1.82, 2.24) is 0 Å². The van der Waals surface area contributed by atoms with Gasteiger partial charge in [-0.3, -0.25) is 10.1 Å². The fourth-order valence-electron chi connectivity index (χ4n) is 1.50. The first-order valence-electron chi connectivity index (χ1n) is 5.13. The van der Waals surface area contributed by atoms with E-state index in [1.54, 1.807) is 0 Å². The van der Waals surface area contributed by atoms with Gasteiger partial charge in [0.25, 0.3) is 5.69 Å². The largest absolute Gasteiger partial charge is 0.353 e. The maximum Gasteiger partial charge on any atom is 0.274 e. The first kappa shape index (κ1) is 12.9. The summed E-state index contributed by atoms with van der Waals surface area (Å²) in [5.41, 5.74) is -0.768. The summed E-state index contributed by atoms with van der Waals surface area (Å²) in [4.78, 5) is 9.77. The minimum atomic E-state index is -0.853. The van der Waals surface area contributed by atoms with Gasteiger partial charge < -0.3 is 5.32 Å². The van der Waals surface area contributed by atoms with Gasteiger partial charge in [-0.15, -0.1) is 0 Å². The standard InChI is InChI=1S/C12H7F3N2O2/c13-7-1-2-11(15)12(5-7)16-9-3-8(14)4-10(6-9)17(18)19/h1-6,16H. The lowest BCUT2D eigenvalue weighted by Crippen LogP contribution is -1.97. The second-order valence-corrected chi connectivity index (χ2v) is 3.70. The topological polar surface area (TPSA) is 55.2 Å². The molecule has 0 unspecified atom stereocenters. The summed E-state index contributed by atoms with van der Waals surface area (Å²) in [6.07, 6.45) is 0. The molecule has 0 aliphatic rings. The quantitative estimate of drug-likeness (QED) is 0.681. The molecule has 2 aromatic carbocycles. The molecule has 0 aliphatic carbocycles. The molecule has 0 atom stereocenters. The number of nitro groups is 1. The first-order valence-corrected chi connectivity index (χ1v) is 5.13. The van der Waals surface area contributed by atoms with Gasteiger partial charge in [0.1, 0.15) is 17.5 Å². The second-order valence-electron chi connectivity index (χ2n) is 3.70. The number of halogens is 3. The van der Waals surface area contributed by atoms with Gasteiger partial charge in [-0.05, 0) is 18.2 Å². The van der Waals surface area contributed by atoms with E-state index in [1.165, 1.54) is 0 Å². The zero-order valence-corrected chi connectivity index (χ0v) is 9.36. The van der Waals surface area contributed by atoms with E-state index in [4.69, 9.17) is 0 Å². The van der Waals surface area contributed by atoms with Gasteiger partial charge >= 0.3 is 0 Å². The van der Waals surface area contributed by atoms with E-state index < -0.39 is 28.1 Å². The number of nitrogens with zero attached hydrogens (tertiary/aromatic N) is 1. The van der Waals surface area contributed by atoms with Crippen molar-refractivity contribution in [3.05, 3.63) is 64.0 Å². The number of anilines is 2. The van der Waals surface area contributed by atoms with E-state index in [0.29, 0.717) is 0 Å². The molecule has 0 heterocycles. The first-order chi connectivity index (χ1) is 8.95. The number of nitrogens with one attached hydrogen (secondary N) is 1. The summed E-state index contributed by atoms with van der Waals surface area (Å²) in [5, 5.41) is 12.9. The van der Waals surface area contributed by atoms with Crippen LogP contribution in [0.15, 0.2) is 36.4 Å². The van der Waals surface area contributed by atoms with Crippen LogP contribution in [0.2, 0.25) is 0 Å². The van der Waals surface area contributed by atoms with Crippen molar-refractivity contribution in [3.8, 4) is 0 Å². The monoisotopic (exact) mass is 268 g/mol. The Hall–Kier alpha value is -2.57. The van der Waals surface area contributed by atoms with Crippen molar-refractivity contribution in [3.63, 3.8) is 0 Å². The average molecular weight is 268 g/mol. The molecule has 0 saturated carbocycles. The highest BCUT2D eigenvalue weighted by Crippen LogP contribution is 2.25. The van der Waals surface area contributed by atoms with Gasteiger partial charge in [-0.2, -0.15) is 0 Å². The number of hydrogen-bond acceptors (Lipinski definition) is 3. The smallest absolute Gasteiger partial charge is 0.274 e. The minimum Gasteiger partial charge on any atom is -0.353 e. The molecule has 19 heavy (non-hydrogen) atoms. The van der Waals surface area contributed by atoms with Gasteiger partial charge in [0.2, 0.25) is 0 Å². The van der Waals surface area contributed by atoms with E-state index in [9.17, 15) is 23.3 Å². The molecule has 0 aliphatic heterocycles. The van der Waals surface area contributed by atoms with Crippen molar-refractivity contribution >= 4 is 17.1 Å². The van der Waals surface area contributed by atoms with E-state index >= 15 is 0 Å². The van der Waals surface area contributed by atoms with Crippen molar-refractivity contribution in [2.24, 2.45) is 0 Å². The Labute approximate surface area is 105 Å². The number of benzene rings is 2. The third-order valence-corrected chi connectivity index (χ3v) is 2.30. The van der Waals surface area contributed by atoms with E-state index in [1.807, 2.05) is 0 Å². The fraction of sp³-hybridized carbons (Fsp3) is 0. The zero-order valence-electron chi connectivity index (χ0n) is 9.36. The zero-order chi connectivity index (χ0) is 14.0. The number of rotatable bonds is 3. The van der Waals surface area contributed by atoms with Gasteiger partial charge in [-0.1, -0.05) is 0 Å². The molecule has 7 heteroatoms. The third kappa shape index (κ3) is 3.01. The highest BCUT2D eigenvalue weighted by molar-refractivity contribution is 5.62. The molecular weight excluding hydrogens is 261 g/mol. The molecule has 0 fully saturated rings. The molecule has 98 valence electrons. The van der Waals surface area contributed by atoms with Crippen molar-refractivity contribution in [2.45, 2.75) is 0 Å². The van der Waals surface area contributed by atoms with Gasteiger partial charge in [-0.25, -0.2) is 13.2 Å². The molecule has 0 bridgehead atoms. The van der Waals surface area contributed by atoms with Crippen molar-refractivity contribution < 1.29 is 18.1 Å². The van der Waals surface area contributed by atoms with E-state index in [-0.39, 0.29) is 11.4 Å². The second kappa shape index (κ2) is 4.97. The Morgan fingerprint density at radius 1 is 1.00 bits per heavy atom. The van der Waals surface area contributed by atoms with Crippen LogP contribution in [0.25, 0.3) is 0 Å². The lowest BCUT2D eigenvalue weighted by atomic mass is 10.2. The van der Waals surface area contributed by atoms with Gasteiger partial charge in [0.05, 0.1) is 16.7 Å². The van der Waals surface area contributed by atoms with Crippen LogP contribution in [-0.4, -0.2) is 4.92 Å². The predicted molar refractivity (Wildman–Crippen MR) is 62.7 cm³/mol. The lowest BCUT2D eigenvalue weighted by molar-refractivity contribution is -0.385. The summed E-state index contributed by atoms with van der Waals surface area (Å²) in [6.45, 7) is 0. The Balaban J connectivity index is 2.38. The van der Waals surface area contributed by atoms with Crippen LogP contribution in [-0.2, 0) is 0 Å². The Morgan fingerprint density at radius 2 is 1.74 bits per heavy atom. The van der Waals surface area contributed by atoms with Crippen LogP contribution in [0.4, 0.5) is 30.2 Å². The van der Waals surface area contributed by atoms with Crippen molar-refractivity contribution in [2.75, 3.05) is 5.32 Å².